The Morgan fingerprint density at radius 2 is 1.86 bits per heavy atom. The van der Waals surface area contributed by atoms with Crippen LogP contribution in [0, 0.1) is 0 Å². The second kappa shape index (κ2) is 10.3. The van der Waals surface area contributed by atoms with Gasteiger partial charge in [-0.3, -0.25) is 0 Å². The number of nitrogens with one attached hydrogen (secondary N) is 1. The summed E-state index contributed by atoms with van der Waals surface area (Å²) in [6.45, 7) is 6.28. The predicted octanol–water partition coefficient (Wildman–Crippen LogP) is 4.29. The Balaban J connectivity index is 2.56. The molecule has 0 aromatic heterocycles. The van der Waals surface area contributed by atoms with E-state index in [2.05, 4.69) is 5.32 Å². The molecule has 29 heavy (non-hydrogen) atoms. The highest BCUT2D eigenvalue weighted by atomic mass is 32.2. The Morgan fingerprint density at radius 3 is 2.45 bits per heavy atom. The zero-order valence-corrected chi connectivity index (χ0v) is 17.8. The Labute approximate surface area is 172 Å². The van der Waals surface area contributed by atoms with E-state index in [-0.39, 0.29) is 22.3 Å². The molecular formula is C21H28N2O5S. The van der Waals surface area contributed by atoms with Crippen molar-refractivity contribution in [1.82, 2.24) is 0 Å². The monoisotopic (exact) mass is 420 g/mol. The van der Waals surface area contributed by atoms with E-state index in [4.69, 9.17) is 14.6 Å². The van der Waals surface area contributed by atoms with Crippen molar-refractivity contribution in [2.45, 2.75) is 51.0 Å². The first kappa shape index (κ1) is 22.7. The van der Waals surface area contributed by atoms with Crippen LogP contribution in [0.2, 0.25) is 0 Å². The van der Waals surface area contributed by atoms with Gasteiger partial charge in [0.25, 0.3) is 0 Å². The van der Waals surface area contributed by atoms with Crippen LogP contribution in [0.3, 0.4) is 0 Å². The molecule has 0 spiro atoms. The lowest BCUT2D eigenvalue weighted by atomic mass is 10.1. The first-order valence-electron chi connectivity index (χ1n) is 9.64. The number of nitrogens with two attached hydrogens (primary N) is 1. The van der Waals surface area contributed by atoms with Crippen molar-refractivity contribution in [1.29, 1.82) is 0 Å². The highest BCUT2D eigenvalue weighted by Gasteiger charge is 2.24. The van der Waals surface area contributed by atoms with Crippen molar-refractivity contribution < 1.29 is 22.7 Å². The minimum atomic E-state index is -4.17. The number of sulfonamides is 1. The quantitative estimate of drug-likeness (QED) is 0.438. The molecule has 0 aliphatic carbocycles. The van der Waals surface area contributed by atoms with Gasteiger partial charge >= 0.3 is 5.97 Å². The minimum Gasteiger partial charge on any atom is -0.459 e. The van der Waals surface area contributed by atoms with E-state index in [1.54, 1.807) is 31.2 Å². The molecule has 2 aromatic carbocycles. The first-order chi connectivity index (χ1) is 13.8. The van der Waals surface area contributed by atoms with Crippen LogP contribution < -0.4 is 15.2 Å². The summed E-state index contributed by atoms with van der Waals surface area (Å²) in [4.78, 5) is 12.2. The van der Waals surface area contributed by atoms with Crippen LogP contribution in [0.1, 0.15) is 50.4 Å². The maximum Gasteiger partial charge on any atom is 0.338 e. The van der Waals surface area contributed by atoms with Gasteiger partial charge in [0.15, 0.2) is 5.75 Å². The normalized spacial score (nSPS) is 12.3. The molecule has 0 fully saturated rings. The second-order valence-electron chi connectivity index (χ2n) is 6.72. The minimum absolute atomic E-state index is 0.0508. The number of rotatable bonds is 10. The molecule has 0 radical (unpaired) electrons. The number of para-hydroxylation sites is 1. The number of unbranched alkanes of at least 4 members (excludes halogenated alkanes) is 1. The largest absolute Gasteiger partial charge is 0.459 e. The molecule has 158 valence electrons. The van der Waals surface area contributed by atoms with Gasteiger partial charge in [-0.05, 0) is 44.0 Å². The van der Waals surface area contributed by atoms with Gasteiger partial charge in [-0.25, -0.2) is 18.4 Å². The highest BCUT2D eigenvalue weighted by molar-refractivity contribution is 7.89. The summed E-state index contributed by atoms with van der Waals surface area (Å²) in [7, 11) is -4.17. The van der Waals surface area contributed by atoms with Crippen LogP contribution in [-0.4, -0.2) is 27.0 Å². The predicted molar refractivity (Wildman–Crippen MR) is 113 cm³/mol. The summed E-state index contributed by atoms with van der Waals surface area (Å²) in [6.07, 6.45) is 2.15. The van der Waals surface area contributed by atoms with Gasteiger partial charge in [0.05, 0.1) is 17.4 Å². The highest BCUT2D eigenvalue weighted by Crippen LogP contribution is 2.37. The van der Waals surface area contributed by atoms with Gasteiger partial charge in [-0.2, -0.15) is 0 Å². The molecule has 1 atom stereocenters. The molecule has 2 rings (SSSR count). The van der Waals surface area contributed by atoms with E-state index in [9.17, 15) is 13.2 Å². The SMILES string of the molecule is CCCCNc1cc(C(=O)OC(C)CC)cc(S(N)(=O)=O)c1Oc1ccccc1. The summed E-state index contributed by atoms with van der Waals surface area (Å²) in [5.74, 6) is -0.116. The van der Waals surface area contributed by atoms with Gasteiger partial charge < -0.3 is 14.8 Å². The molecular weight excluding hydrogens is 392 g/mol. The Morgan fingerprint density at radius 1 is 1.17 bits per heavy atom. The average Bonchev–Trinajstić information content (AvgIpc) is 2.68. The van der Waals surface area contributed by atoms with E-state index >= 15 is 0 Å². The maximum absolute atomic E-state index is 12.5. The lowest BCUT2D eigenvalue weighted by Gasteiger charge is -2.18. The van der Waals surface area contributed by atoms with E-state index < -0.39 is 16.0 Å². The number of anilines is 1. The number of hydrogen-bond acceptors (Lipinski definition) is 6. The van der Waals surface area contributed by atoms with E-state index in [0.29, 0.717) is 24.4 Å². The topological polar surface area (TPSA) is 108 Å². The van der Waals surface area contributed by atoms with E-state index in [1.807, 2.05) is 19.9 Å². The van der Waals surface area contributed by atoms with Crippen LogP contribution in [0.25, 0.3) is 0 Å². The number of carbonyl (C=O) groups excluding carboxylic acids is 1. The molecule has 0 saturated heterocycles. The van der Waals surface area contributed by atoms with Crippen molar-refractivity contribution in [3.63, 3.8) is 0 Å². The molecule has 0 saturated carbocycles. The molecule has 1 unspecified atom stereocenters. The molecule has 0 amide bonds. The number of hydrogen-bond donors (Lipinski definition) is 2. The summed E-state index contributed by atoms with van der Waals surface area (Å²) in [6, 6.07) is 11.5. The molecule has 8 heteroatoms. The Kier molecular flexibility index (Phi) is 8.04. The number of carbonyl (C=O) groups is 1. The van der Waals surface area contributed by atoms with Crippen molar-refractivity contribution in [3.05, 3.63) is 48.0 Å². The zero-order valence-electron chi connectivity index (χ0n) is 17.0. The summed E-state index contributed by atoms with van der Waals surface area (Å²) >= 11 is 0. The third kappa shape index (κ3) is 6.47. The van der Waals surface area contributed by atoms with Crippen molar-refractivity contribution in [2.75, 3.05) is 11.9 Å². The lowest BCUT2D eigenvalue weighted by molar-refractivity contribution is 0.0334. The van der Waals surface area contributed by atoms with Crippen LogP contribution in [-0.2, 0) is 14.8 Å². The lowest BCUT2D eigenvalue weighted by Crippen LogP contribution is -2.18. The third-order valence-corrected chi connectivity index (χ3v) is 5.21. The van der Waals surface area contributed by atoms with Gasteiger partial charge in [0.2, 0.25) is 10.0 Å². The molecule has 0 aliphatic heterocycles. The first-order valence-corrected chi connectivity index (χ1v) is 11.2. The van der Waals surface area contributed by atoms with Crippen molar-refractivity contribution in [2.24, 2.45) is 5.14 Å². The number of esters is 1. The number of ether oxygens (including phenoxy) is 2. The fourth-order valence-corrected chi connectivity index (χ4v) is 3.21. The van der Waals surface area contributed by atoms with Crippen LogP contribution in [0.15, 0.2) is 47.4 Å². The fourth-order valence-electron chi connectivity index (χ4n) is 2.51. The van der Waals surface area contributed by atoms with E-state index in [1.165, 1.54) is 12.1 Å². The van der Waals surface area contributed by atoms with Crippen LogP contribution in [0.4, 0.5) is 5.69 Å². The second-order valence-corrected chi connectivity index (χ2v) is 8.25. The van der Waals surface area contributed by atoms with Crippen LogP contribution in [0.5, 0.6) is 11.5 Å². The maximum atomic E-state index is 12.5. The molecule has 0 aliphatic rings. The number of benzene rings is 2. The molecule has 0 bridgehead atoms. The summed E-state index contributed by atoms with van der Waals surface area (Å²) in [5.41, 5.74) is 0.457. The Bertz CT molecular complexity index is 930. The van der Waals surface area contributed by atoms with Crippen molar-refractivity contribution in [3.8, 4) is 11.5 Å². The fraction of sp³-hybridized carbons (Fsp3) is 0.381. The van der Waals surface area contributed by atoms with Gasteiger partial charge in [0, 0.05) is 6.54 Å². The van der Waals surface area contributed by atoms with Crippen LogP contribution >= 0.6 is 0 Å². The van der Waals surface area contributed by atoms with E-state index in [0.717, 1.165) is 12.8 Å². The van der Waals surface area contributed by atoms with Crippen molar-refractivity contribution >= 4 is 21.7 Å². The molecule has 0 heterocycles. The average molecular weight is 421 g/mol. The Hall–Kier alpha value is -2.58. The molecule has 2 aromatic rings. The summed E-state index contributed by atoms with van der Waals surface area (Å²) in [5, 5.41) is 8.60. The van der Waals surface area contributed by atoms with Gasteiger partial charge in [0.1, 0.15) is 10.6 Å². The smallest absolute Gasteiger partial charge is 0.338 e. The standard InChI is InChI=1S/C21H28N2O5S/c1-4-6-12-23-18-13-16(21(24)27-15(3)5-2)14-19(29(22,25)26)20(18)28-17-10-8-7-9-11-17/h7-11,13-15,23H,4-6,12H2,1-3H3,(H2,22,25,26). The van der Waals surface area contributed by atoms with Gasteiger partial charge in [-0.15, -0.1) is 0 Å². The van der Waals surface area contributed by atoms with Gasteiger partial charge in [-0.1, -0.05) is 38.5 Å². The summed E-state index contributed by atoms with van der Waals surface area (Å²) < 4.78 is 35.8. The third-order valence-electron chi connectivity index (χ3n) is 4.29. The molecule has 3 N–H and O–H groups in total. The zero-order chi connectivity index (χ0) is 21.4. The number of primary sulfonamides is 1. The molecule has 7 nitrogen and oxygen atoms in total.